The van der Waals surface area contributed by atoms with Crippen molar-refractivity contribution in [1.29, 1.82) is 0 Å². The van der Waals surface area contributed by atoms with E-state index in [0.717, 1.165) is 32.6 Å². The topological polar surface area (TPSA) is 58.6 Å². The summed E-state index contributed by atoms with van der Waals surface area (Å²) in [5.74, 6) is 0.583. The summed E-state index contributed by atoms with van der Waals surface area (Å²) in [5.41, 5.74) is 0.667. The fourth-order valence-electron chi connectivity index (χ4n) is 2.26. The Morgan fingerprint density at radius 2 is 2.10 bits per heavy atom. The van der Waals surface area contributed by atoms with Gasteiger partial charge in [-0.2, -0.15) is 0 Å². The molecule has 0 radical (unpaired) electrons. The second kappa shape index (κ2) is 6.56. The second-order valence-corrected chi connectivity index (χ2v) is 7.35. The third-order valence-electron chi connectivity index (χ3n) is 3.54. The summed E-state index contributed by atoms with van der Waals surface area (Å²) in [6.07, 6.45) is 2.09. The van der Waals surface area contributed by atoms with Gasteiger partial charge in [0, 0.05) is 33.9 Å². The van der Waals surface area contributed by atoms with Crippen LogP contribution in [0.25, 0.3) is 0 Å². The van der Waals surface area contributed by atoms with Gasteiger partial charge in [-0.3, -0.25) is 0 Å². The van der Waals surface area contributed by atoms with Crippen molar-refractivity contribution < 1.29 is 13.2 Å². The van der Waals surface area contributed by atoms with Crippen LogP contribution in [0.3, 0.4) is 0 Å². The maximum Gasteiger partial charge on any atom is 0.244 e. The summed E-state index contributed by atoms with van der Waals surface area (Å²) < 4.78 is 31.0. The molecule has 0 saturated carbocycles. The van der Waals surface area contributed by atoms with Crippen LogP contribution in [0.1, 0.15) is 12.8 Å². The molecule has 0 aromatic heterocycles. The molecule has 112 valence electrons. The van der Waals surface area contributed by atoms with E-state index in [2.05, 4.69) is 5.32 Å². The quantitative estimate of drug-likeness (QED) is 0.869. The average Bonchev–Trinajstić information content (AvgIpc) is 2.92. The van der Waals surface area contributed by atoms with Crippen molar-refractivity contribution in [2.24, 2.45) is 5.92 Å². The molecule has 0 aliphatic carbocycles. The first kappa shape index (κ1) is 15.3. The van der Waals surface area contributed by atoms with Crippen molar-refractivity contribution in [3.05, 3.63) is 24.3 Å². The SMILES string of the molecule is CN(C)S(=O)(=O)c1ccccc1NCCC1CCOC1. The molecule has 1 fully saturated rings. The first-order valence-electron chi connectivity index (χ1n) is 6.85. The molecule has 0 amide bonds. The summed E-state index contributed by atoms with van der Waals surface area (Å²) in [5, 5.41) is 3.24. The third-order valence-corrected chi connectivity index (χ3v) is 5.41. The zero-order chi connectivity index (χ0) is 14.6. The number of ether oxygens (including phenoxy) is 1. The predicted molar refractivity (Wildman–Crippen MR) is 79.3 cm³/mol. The minimum Gasteiger partial charge on any atom is -0.384 e. The Morgan fingerprint density at radius 1 is 1.35 bits per heavy atom. The predicted octanol–water partition coefficient (Wildman–Crippen LogP) is 1.78. The van der Waals surface area contributed by atoms with Gasteiger partial charge in [0.15, 0.2) is 0 Å². The van der Waals surface area contributed by atoms with Crippen LogP contribution in [0, 0.1) is 5.92 Å². The van der Waals surface area contributed by atoms with E-state index in [-0.39, 0.29) is 0 Å². The molecule has 20 heavy (non-hydrogen) atoms. The average molecular weight is 298 g/mol. The van der Waals surface area contributed by atoms with Gasteiger partial charge < -0.3 is 10.1 Å². The lowest BCUT2D eigenvalue weighted by atomic mass is 10.1. The lowest BCUT2D eigenvalue weighted by molar-refractivity contribution is 0.185. The normalized spacial score (nSPS) is 19.4. The van der Waals surface area contributed by atoms with Crippen molar-refractivity contribution in [2.75, 3.05) is 39.2 Å². The Morgan fingerprint density at radius 3 is 2.75 bits per heavy atom. The number of sulfonamides is 1. The maximum absolute atomic E-state index is 12.2. The van der Waals surface area contributed by atoms with Gasteiger partial charge in [-0.05, 0) is 30.9 Å². The van der Waals surface area contributed by atoms with Gasteiger partial charge >= 0.3 is 0 Å². The lowest BCUT2D eigenvalue weighted by Gasteiger charge is -2.16. The molecule has 5 nitrogen and oxygen atoms in total. The molecule has 1 heterocycles. The van der Waals surface area contributed by atoms with Crippen molar-refractivity contribution in [3.8, 4) is 0 Å². The molecule has 1 atom stereocenters. The number of benzene rings is 1. The van der Waals surface area contributed by atoms with Gasteiger partial charge in [0.05, 0.1) is 5.69 Å². The Balaban J connectivity index is 2.04. The molecule has 1 N–H and O–H groups in total. The molecule has 1 unspecified atom stereocenters. The minimum atomic E-state index is -3.41. The largest absolute Gasteiger partial charge is 0.384 e. The fourth-order valence-corrected chi connectivity index (χ4v) is 3.32. The molecule has 1 aliphatic heterocycles. The van der Waals surface area contributed by atoms with Gasteiger partial charge in [-0.1, -0.05) is 12.1 Å². The summed E-state index contributed by atoms with van der Waals surface area (Å²) in [7, 11) is -0.324. The van der Waals surface area contributed by atoms with Crippen LogP contribution in [-0.4, -0.2) is 46.6 Å². The Hall–Kier alpha value is -1.11. The highest BCUT2D eigenvalue weighted by Gasteiger charge is 2.21. The smallest absolute Gasteiger partial charge is 0.244 e. The van der Waals surface area contributed by atoms with Gasteiger partial charge in [-0.25, -0.2) is 12.7 Å². The number of rotatable bonds is 6. The van der Waals surface area contributed by atoms with E-state index < -0.39 is 10.0 Å². The van der Waals surface area contributed by atoms with E-state index in [4.69, 9.17) is 4.74 Å². The third kappa shape index (κ3) is 3.50. The molecule has 0 bridgehead atoms. The number of para-hydroxylation sites is 1. The highest BCUT2D eigenvalue weighted by molar-refractivity contribution is 7.89. The summed E-state index contributed by atoms with van der Waals surface area (Å²) in [6.45, 7) is 2.42. The van der Waals surface area contributed by atoms with Crippen molar-refractivity contribution in [2.45, 2.75) is 17.7 Å². The molecule has 6 heteroatoms. The van der Waals surface area contributed by atoms with Crippen LogP contribution in [0.4, 0.5) is 5.69 Å². The highest BCUT2D eigenvalue weighted by Crippen LogP contribution is 2.24. The molecule has 0 spiro atoms. The molecule has 1 aromatic carbocycles. The molecule has 1 aliphatic rings. The lowest BCUT2D eigenvalue weighted by Crippen LogP contribution is -2.23. The van der Waals surface area contributed by atoms with Crippen LogP contribution in [0.5, 0.6) is 0 Å². The maximum atomic E-state index is 12.2. The number of hydrogen-bond acceptors (Lipinski definition) is 4. The number of hydrogen-bond donors (Lipinski definition) is 1. The van der Waals surface area contributed by atoms with Crippen LogP contribution in [0.2, 0.25) is 0 Å². The second-order valence-electron chi connectivity index (χ2n) is 5.23. The van der Waals surface area contributed by atoms with Gasteiger partial charge in [0.25, 0.3) is 0 Å². The van der Waals surface area contributed by atoms with Gasteiger partial charge in [-0.15, -0.1) is 0 Å². The van der Waals surface area contributed by atoms with E-state index in [0.29, 0.717) is 16.5 Å². The van der Waals surface area contributed by atoms with E-state index in [1.165, 1.54) is 4.31 Å². The van der Waals surface area contributed by atoms with Crippen LogP contribution >= 0.6 is 0 Å². The molecular weight excluding hydrogens is 276 g/mol. The molecule has 2 rings (SSSR count). The molecule has 1 aromatic rings. The van der Waals surface area contributed by atoms with Gasteiger partial charge in [0.1, 0.15) is 4.90 Å². The van der Waals surface area contributed by atoms with Crippen LogP contribution in [0.15, 0.2) is 29.2 Å². The Bertz CT molecular complexity index is 537. The number of nitrogens with one attached hydrogen (secondary N) is 1. The monoisotopic (exact) mass is 298 g/mol. The molecule has 1 saturated heterocycles. The molecular formula is C14H22N2O3S. The van der Waals surface area contributed by atoms with Crippen LogP contribution < -0.4 is 5.32 Å². The first-order valence-corrected chi connectivity index (χ1v) is 8.29. The van der Waals surface area contributed by atoms with Crippen molar-refractivity contribution >= 4 is 15.7 Å². The van der Waals surface area contributed by atoms with E-state index >= 15 is 0 Å². The van der Waals surface area contributed by atoms with E-state index in [1.807, 2.05) is 12.1 Å². The Labute approximate surface area is 121 Å². The summed E-state index contributed by atoms with van der Waals surface area (Å²) in [6, 6.07) is 7.03. The zero-order valence-electron chi connectivity index (χ0n) is 12.0. The standard InChI is InChI=1S/C14H22N2O3S/c1-16(2)20(17,18)14-6-4-3-5-13(14)15-9-7-12-8-10-19-11-12/h3-6,12,15H,7-11H2,1-2H3. The van der Waals surface area contributed by atoms with E-state index in [1.54, 1.807) is 26.2 Å². The summed E-state index contributed by atoms with van der Waals surface area (Å²) >= 11 is 0. The van der Waals surface area contributed by atoms with Crippen molar-refractivity contribution in [1.82, 2.24) is 4.31 Å². The van der Waals surface area contributed by atoms with Gasteiger partial charge in [0.2, 0.25) is 10.0 Å². The highest BCUT2D eigenvalue weighted by atomic mass is 32.2. The van der Waals surface area contributed by atoms with Crippen molar-refractivity contribution in [3.63, 3.8) is 0 Å². The zero-order valence-corrected chi connectivity index (χ0v) is 12.8. The first-order chi connectivity index (χ1) is 9.51. The summed E-state index contributed by atoms with van der Waals surface area (Å²) in [4.78, 5) is 0.327. The minimum absolute atomic E-state index is 0.327. The number of anilines is 1. The van der Waals surface area contributed by atoms with E-state index in [9.17, 15) is 8.42 Å². The van der Waals surface area contributed by atoms with Crippen LogP contribution in [-0.2, 0) is 14.8 Å². The number of nitrogens with zero attached hydrogens (tertiary/aromatic N) is 1. The fraction of sp³-hybridized carbons (Fsp3) is 0.571. The Kier molecular flexibility index (Phi) is 5.01.